The number of nitrogens with zero attached hydrogens (tertiary/aromatic N) is 2. The molecular formula is C28H30Cl2FN3O4S. The molecule has 0 aromatic heterocycles. The number of halogens is 3. The molecule has 0 saturated heterocycles. The number of sulfonamides is 1. The highest BCUT2D eigenvalue weighted by Crippen LogP contribution is 2.28. The van der Waals surface area contributed by atoms with Crippen LogP contribution in [0.25, 0.3) is 0 Å². The van der Waals surface area contributed by atoms with Crippen molar-refractivity contribution < 1.29 is 22.4 Å². The Morgan fingerprint density at radius 1 is 0.974 bits per heavy atom. The van der Waals surface area contributed by atoms with Gasteiger partial charge < -0.3 is 10.2 Å². The second-order valence-electron chi connectivity index (χ2n) is 8.75. The lowest BCUT2D eigenvalue weighted by Crippen LogP contribution is -2.52. The first-order chi connectivity index (χ1) is 18.6. The second-order valence-corrected chi connectivity index (χ2v) is 11.5. The Hall–Kier alpha value is -3.14. The van der Waals surface area contributed by atoms with Crippen LogP contribution in [0.3, 0.4) is 0 Å². The maximum atomic E-state index is 14.9. The Bertz CT molecular complexity index is 1410. The number of benzene rings is 3. The molecule has 0 radical (unpaired) electrons. The van der Waals surface area contributed by atoms with Gasteiger partial charge in [-0.25, -0.2) is 12.8 Å². The number of hydrogen-bond acceptors (Lipinski definition) is 4. The summed E-state index contributed by atoms with van der Waals surface area (Å²) >= 11 is 12.4. The predicted octanol–water partition coefficient (Wildman–Crippen LogP) is 5.66. The minimum absolute atomic E-state index is 0.0939. The van der Waals surface area contributed by atoms with Crippen LogP contribution in [-0.4, -0.2) is 44.3 Å². The second kappa shape index (κ2) is 13.8. The highest BCUT2D eigenvalue weighted by molar-refractivity contribution is 7.92. The van der Waals surface area contributed by atoms with Gasteiger partial charge in [0.2, 0.25) is 11.8 Å². The van der Waals surface area contributed by atoms with E-state index in [0.29, 0.717) is 23.6 Å². The third-order valence-electron chi connectivity index (χ3n) is 6.02. The van der Waals surface area contributed by atoms with Gasteiger partial charge in [-0.2, -0.15) is 0 Å². The van der Waals surface area contributed by atoms with Gasteiger partial charge in [0.1, 0.15) is 18.4 Å². The lowest BCUT2D eigenvalue weighted by Gasteiger charge is -2.33. The topological polar surface area (TPSA) is 86.8 Å². The van der Waals surface area contributed by atoms with E-state index in [0.717, 1.165) is 10.4 Å². The van der Waals surface area contributed by atoms with E-state index in [9.17, 15) is 22.4 Å². The van der Waals surface area contributed by atoms with E-state index in [1.807, 2.05) is 6.92 Å². The molecule has 3 rings (SSSR count). The molecule has 1 atom stereocenters. The van der Waals surface area contributed by atoms with Crippen molar-refractivity contribution in [1.29, 1.82) is 0 Å². The number of carbonyl (C=O) groups is 2. The predicted molar refractivity (Wildman–Crippen MR) is 152 cm³/mol. The quantitative estimate of drug-likeness (QED) is 0.293. The van der Waals surface area contributed by atoms with E-state index in [1.54, 1.807) is 25.1 Å². The van der Waals surface area contributed by atoms with Crippen molar-refractivity contribution >= 4 is 50.7 Å². The molecule has 2 amide bonds. The van der Waals surface area contributed by atoms with Crippen molar-refractivity contribution in [2.24, 2.45) is 0 Å². The molecule has 1 unspecified atom stereocenters. The summed E-state index contributed by atoms with van der Waals surface area (Å²) in [5, 5.41) is 3.48. The Balaban J connectivity index is 2.07. The van der Waals surface area contributed by atoms with Gasteiger partial charge in [0.05, 0.1) is 10.6 Å². The average Bonchev–Trinajstić information content (AvgIpc) is 2.92. The summed E-state index contributed by atoms with van der Waals surface area (Å²) in [7, 11) is -4.36. The van der Waals surface area contributed by atoms with Gasteiger partial charge in [0, 0.05) is 23.1 Å². The molecule has 0 saturated carbocycles. The third kappa shape index (κ3) is 7.50. The van der Waals surface area contributed by atoms with E-state index >= 15 is 0 Å². The van der Waals surface area contributed by atoms with Gasteiger partial charge in [-0.15, -0.1) is 0 Å². The minimum atomic E-state index is -4.36. The fraction of sp³-hybridized carbons (Fsp3) is 0.286. The molecule has 0 fully saturated rings. The molecule has 0 heterocycles. The van der Waals surface area contributed by atoms with Crippen molar-refractivity contribution in [2.45, 2.75) is 44.2 Å². The fourth-order valence-corrected chi connectivity index (χ4v) is 5.92. The Morgan fingerprint density at radius 3 is 2.26 bits per heavy atom. The first kappa shape index (κ1) is 30.4. The molecule has 3 aromatic carbocycles. The molecule has 0 aliphatic rings. The molecule has 3 aromatic rings. The van der Waals surface area contributed by atoms with Crippen molar-refractivity contribution in [3.05, 3.63) is 94.2 Å². The summed E-state index contributed by atoms with van der Waals surface area (Å²) in [6.07, 6.45) is 0.938. The van der Waals surface area contributed by atoms with Gasteiger partial charge in [-0.3, -0.25) is 13.9 Å². The molecule has 208 valence electrons. The highest BCUT2D eigenvalue weighted by Gasteiger charge is 2.34. The molecule has 39 heavy (non-hydrogen) atoms. The molecule has 7 nitrogen and oxygen atoms in total. The number of anilines is 1. The zero-order valence-corrected chi connectivity index (χ0v) is 23.9. The van der Waals surface area contributed by atoms with Crippen LogP contribution in [0.2, 0.25) is 10.0 Å². The number of carbonyl (C=O) groups excluding carboxylic acids is 2. The SMILES string of the molecule is CCCNC(=O)C(CC)N(Cc1ccc(Cl)cc1Cl)C(=O)CN(c1ccccc1F)S(=O)(=O)c1ccccc1. The Labute approximate surface area is 238 Å². The minimum Gasteiger partial charge on any atom is -0.354 e. The standard InChI is InChI=1S/C28H30Cl2FN3O4S/c1-3-16-32-28(36)25(4-2)33(18-20-14-15-21(29)17-23(20)30)27(35)19-34(26-13-9-8-12-24(26)31)39(37,38)22-10-6-5-7-11-22/h5-15,17,25H,3-4,16,18-19H2,1-2H3,(H,32,36). The molecular weight excluding hydrogens is 564 g/mol. The first-order valence-corrected chi connectivity index (χ1v) is 14.6. The maximum absolute atomic E-state index is 14.9. The van der Waals surface area contributed by atoms with Gasteiger partial charge >= 0.3 is 0 Å². The first-order valence-electron chi connectivity index (χ1n) is 12.4. The van der Waals surface area contributed by atoms with Gasteiger partial charge in [-0.1, -0.05) is 73.4 Å². The van der Waals surface area contributed by atoms with Gasteiger partial charge in [0.25, 0.3) is 10.0 Å². The summed E-state index contributed by atoms with van der Waals surface area (Å²) in [5.41, 5.74) is 0.224. The van der Waals surface area contributed by atoms with Crippen molar-refractivity contribution in [3.8, 4) is 0 Å². The van der Waals surface area contributed by atoms with E-state index in [4.69, 9.17) is 23.2 Å². The molecule has 0 spiro atoms. The number of hydrogen-bond donors (Lipinski definition) is 1. The summed E-state index contributed by atoms with van der Waals surface area (Å²) in [5.74, 6) is -1.91. The monoisotopic (exact) mass is 593 g/mol. The van der Waals surface area contributed by atoms with Crippen LogP contribution in [0.1, 0.15) is 32.3 Å². The summed E-state index contributed by atoms with van der Waals surface area (Å²) in [6, 6.07) is 16.6. The van der Waals surface area contributed by atoms with Crippen molar-refractivity contribution in [1.82, 2.24) is 10.2 Å². The highest BCUT2D eigenvalue weighted by atomic mass is 35.5. The van der Waals surface area contributed by atoms with Crippen LogP contribution in [0, 0.1) is 5.82 Å². The van der Waals surface area contributed by atoms with Crippen LogP contribution in [0.15, 0.2) is 77.7 Å². The van der Waals surface area contributed by atoms with Gasteiger partial charge in [0.15, 0.2) is 0 Å². The summed E-state index contributed by atoms with van der Waals surface area (Å²) in [6.45, 7) is 3.21. The number of amides is 2. The molecule has 0 aliphatic carbocycles. The number of nitrogens with one attached hydrogen (secondary N) is 1. The average molecular weight is 595 g/mol. The Morgan fingerprint density at radius 2 is 1.64 bits per heavy atom. The third-order valence-corrected chi connectivity index (χ3v) is 8.38. The van der Waals surface area contributed by atoms with Gasteiger partial charge in [-0.05, 0) is 54.8 Å². The van der Waals surface area contributed by atoms with Crippen LogP contribution in [0.4, 0.5) is 10.1 Å². The summed E-state index contributed by atoms with van der Waals surface area (Å²) < 4.78 is 43.0. The van der Waals surface area contributed by atoms with E-state index in [2.05, 4.69) is 5.32 Å². The van der Waals surface area contributed by atoms with E-state index in [-0.39, 0.29) is 34.5 Å². The smallest absolute Gasteiger partial charge is 0.264 e. The molecule has 0 aliphatic heterocycles. The molecule has 0 bridgehead atoms. The van der Waals surface area contributed by atoms with Crippen molar-refractivity contribution in [2.75, 3.05) is 17.4 Å². The van der Waals surface area contributed by atoms with Crippen LogP contribution in [-0.2, 0) is 26.2 Å². The normalized spacial score (nSPS) is 12.0. The number of para-hydroxylation sites is 1. The Kier molecular flexibility index (Phi) is 10.7. The molecule has 1 N–H and O–H groups in total. The lowest BCUT2D eigenvalue weighted by atomic mass is 10.1. The van der Waals surface area contributed by atoms with Crippen LogP contribution in [0.5, 0.6) is 0 Å². The lowest BCUT2D eigenvalue weighted by molar-refractivity contribution is -0.140. The number of rotatable bonds is 12. The van der Waals surface area contributed by atoms with E-state index in [1.165, 1.54) is 53.4 Å². The summed E-state index contributed by atoms with van der Waals surface area (Å²) in [4.78, 5) is 28.2. The zero-order chi connectivity index (χ0) is 28.6. The fourth-order valence-electron chi connectivity index (χ4n) is 4.01. The zero-order valence-electron chi connectivity index (χ0n) is 21.6. The van der Waals surface area contributed by atoms with Crippen LogP contribution >= 0.6 is 23.2 Å². The van der Waals surface area contributed by atoms with Crippen LogP contribution < -0.4 is 9.62 Å². The largest absolute Gasteiger partial charge is 0.354 e. The van der Waals surface area contributed by atoms with Crippen molar-refractivity contribution in [3.63, 3.8) is 0 Å². The maximum Gasteiger partial charge on any atom is 0.264 e. The molecule has 11 heteroatoms. The van der Waals surface area contributed by atoms with E-state index < -0.39 is 34.3 Å².